The predicted octanol–water partition coefficient (Wildman–Crippen LogP) is 2.88. The lowest BCUT2D eigenvalue weighted by Gasteiger charge is -1.99. The van der Waals surface area contributed by atoms with Crippen molar-refractivity contribution in [2.24, 2.45) is 0 Å². The van der Waals surface area contributed by atoms with Crippen molar-refractivity contribution in [3.05, 3.63) is 40.9 Å². The number of carbonyl (C=O) groups is 2. The van der Waals surface area contributed by atoms with E-state index >= 15 is 0 Å². The standard InChI is InChI=1S/C13H13ClO3/c1-10(15)9-13(16)17-8-2-3-11-4-6-12(14)7-5-11/h2-7H,8-9H2,1H3. The Labute approximate surface area is 105 Å². The van der Waals surface area contributed by atoms with Crippen LogP contribution in [0.5, 0.6) is 0 Å². The van der Waals surface area contributed by atoms with E-state index in [1.807, 2.05) is 18.2 Å². The zero-order chi connectivity index (χ0) is 12.7. The number of ketones is 1. The maximum absolute atomic E-state index is 11.0. The van der Waals surface area contributed by atoms with E-state index in [0.29, 0.717) is 5.02 Å². The highest BCUT2D eigenvalue weighted by molar-refractivity contribution is 6.30. The summed E-state index contributed by atoms with van der Waals surface area (Å²) >= 11 is 5.74. The minimum Gasteiger partial charge on any atom is -0.461 e. The molecule has 90 valence electrons. The fourth-order valence-electron chi connectivity index (χ4n) is 1.15. The van der Waals surface area contributed by atoms with Gasteiger partial charge in [-0.3, -0.25) is 9.59 Å². The fraction of sp³-hybridized carbons (Fsp3) is 0.231. The molecule has 17 heavy (non-hydrogen) atoms. The molecule has 0 unspecified atom stereocenters. The van der Waals surface area contributed by atoms with Crippen LogP contribution in [0.2, 0.25) is 5.02 Å². The van der Waals surface area contributed by atoms with Gasteiger partial charge in [-0.1, -0.05) is 29.8 Å². The molecule has 0 fully saturated rings. The molecule has 0 atom stereocenters. The van der Waals surface area contributed by atoms with E-state index < -0.39 is 5.97 Å². The third-order valence-electron chi connectivity index (χ3n) is 1.91. The number of Topliss-reactive ketones (excluding diaryl/α,β-unsaturated/α-hetero) is 1. The van der Waals surface area contributed by atoms with Crippen molar-refractivity contribution in [1.29, 1.82) is 0 Å². The first-order valence-corrected chi connectivity index (χ1v) is 5.53. The monoisotopic (exact) mass is 252 g/mol. The first-order chi connectivity index (χ1) is 8.08. The zero-order valence-electron chi connectivity index (χ0n) is 9.48. The second-order valence-corrected chi connectivity index (χ2v) is 3.95. The largest absolute Gasteiger partial charge is 0.461 e. The number of rotatable bonds is 5. The van der Waals surface area contributed by atoms with E-state index in [0.717, 1.165) is 5.56 Å². The van der Waals surface area contributed by atoms with Crippen LogP contribution >= 0.6 is 11.6 Å². The molecule has 0 saturated carbocycles. The molecule has 4 heteroatoms. The smallest absolute Gasteiger partial charge is 0.313 e. The summed E-state index contributed by atoms with van der Waals surface area (Å²) in [6.45, 7) is 1.51. The molecular weight excluding hydrogens is 240 g/mol. The van der Waals surface area contributed by atoms with Gasteiger partial charge in [-0.2, -0.15) is 0 Å². The van der Waals surface area contributed by atoms with Crippen LogP contribution in [0.3, 0.4) is 0 Å². The molecule has 1 rings (SSSR count). The highest BCUT2D eigenvalue weighted by Crippen LogP contribution is 2.10. The maximum atomic E-state index is 11.0. The van der Waals surface area contributed by atoms with Crippen LogP contribution in [0.15, 0.2) is 30.3 Å². The highest BCUT2D eigenvalue weighted by atomic mass is 35.5. The Morgan fingerprint density at radius 2 is 1.94 bits per heavy atom. The molecule has 0 heterocycles. The summed E-state index contributed by atoms with van der Waals surface area (Å²) < 4.78 is 4.83. The first kappa shape index (κ1) is 13.5. The van der Waals surface area contributed by atoms with Crippen LogP contribution in [0.1, 0.15) is 18.9 Å². The summed E-state index contributed by atoms with van der Waals surface area (Å²) in [7, 11) is 0. The molecule has 0 N–H and O–H groups in total. The molecule has 1 aromatic carbocycles. The minimum absolute atomic E-state index is 0.161. The van der Waals surface area contributed by atoms with Gasteiger partial charge in [0.25, 0.3) is 0 Å². The molecular formula is C13H13ClO3. The van der Waals surface area contributed by atoms with Crippen molar-refractivity contribution < 1.29 is 14.3 Å². The fourth-order valence-corrected chi connectivity index (χ4v) is 1.28. The molecule has 0 aliphatic carbocycles. The van der Waals surface area contributed by atoms with Crippen LogP contribution in [0.4, 0.5) is 0 Å². The van der Waals surface area contributed by atoms with Gasteiger partial charge < -0.3 is 4.74 Å². The van der Waals surface area contributed by atoms with Gasteiger partial charge in [0, 0.05) is 5.02 Å². The molecule has 0 aliphatic rings. The Morgan fingerprint density at radius 1 is 1.29 bits per heavy atom. The van der Waals surface area contributed by atoms with Crippen LogP contribution in [-0.4, -0.2) is 18.4 Å². The summed E-state index contributed by atoms with van der Waals surface area (Å²) in [5.41, 5.74) is 0.969. The number of carbonyl (C=O) groups excluding carboxylic acids is 2. The zero-order valence-corrected chi connectivity index (χ0v) is 10.2. The summed E-state index contributed by atoms with van der Waals surface area (Å²) in [6, 6.07) is 7.28. The Hall–Kier alpha value is -1.61. The van der Waals surface area contributed by atoms with Gasteiger partial charge in [0.05, 0.1) is 0 Å². The summed E-state index contributed by atoms with van der Waals surface area (Å²) in [6.07, 6.45) is 3.35. The van der Waals surface area contributed by atoms with Crippen LogP contribution in [-0.2, 0) is 14.3 Å². The van der Waals surface area contributed by atoms with Crippen molar-refractivity contribution in [2.75, 3.05) is 6.61 Å². The van der Waals surface area contributed by atoms with Gasteiger partial charge in [-0.25, -0.2) is 0 Å². The van der Waals surface area contributed by atoms with Crippen LogP contribution in [0, 0.1) is 0 Å². The van der Waals surface area contributed by atoms with Crippen molar-refractivity contribution >= 4 is 29.4 Å². The summed E-state index contributed by atoms with van der Waals surface area (Å²) in [5, 5.41) is 0.676. The number of esters is 1. The maximum Gasteiger partial charge on any atom is 0.313 e. The van der Waals surface area contributed by atoms with Crippen LogP contribution in [0.25, 0.3) is 6.08 Å². The molecule has 0 aromatic heterocycles. The second-order valence-electron chi connectivity index (χ2n) is 3.52. The van der Waals surface area contributed by atoms with Gasteiger partial charge in [-0.15, -0.1) is 0 Å². The number of hydrogen-bond acceptors (Lipinski definition) is 3. The van der Waals surface area contributed by atoms with E-state index in [4.69, 9.17) is 16.3 Å². The SMILES string of the molecule is CC(=O)CC(=O)OCC=Cc1ccc(Cl)cc1. The third kappa shape index (κ3) is 5.88. The van der Waals surface area contributed by atoms with Crippen molar-refractivity contribution in [3.8, 4) is 0 Å². The van der Waals surface area contributed by atoms with E-state index in [1.54, 1.807) is 18.2 Å². The Morgan fingerprint density at radius 3 is 2.53 bits per heavy atom. The molecule has 0 bridgehead atoms. The molecule has 0 aliphatic heterocycles. The van der Waals surface area contributed by atoms with E-state index in [1.165, 1.54) is 6.92 Å². The first-order valence-electron chi connectivity index (χ1n) is 5.15. The van der Waals surface area contributed by atoms with E-state index in [-0.39, 0.29) is 18.8 Å². The summed E-state index contributed by atoms with van der Waals surface area (Å²) in [4.78, 5) is 21.6. The lowest BCUT2D eigenvalue weighted by Crippen LogP contribution is -2.08. The lowest BCUT2D eigenvalue weighted by molar-refractivity contribution is -0.144. The number of benzene rings is 1. The summed E-state index contributed by atoms with van der Waals surface area (Å²) in [5.74, 6) is -0.699. The quantitative estimate of drug-likeness (QED) is 0.598. The van der Waals surface area contributed by atoms with Crippen molar-refractivity contribution in [2.45, 2.75) is 13.3 Å². The van der Waals surface area contributed by atoms with Crippen molar-refractivity contribution in [1.82, 2.24) is 0 Å². The Kier molecular flexibility index (Phi) is 5.43. The Balaban J connectivity index is 2.33. The molecule has 0 amide bonds. The number of ether oxygens (including phenoxy) is 1. The predicted molar refractivity (Wildman–Crippen MR) is 66.7 cm³/mol. The number of halogens is 1. The van der Waals surface area contributed by atoms with Gasteiger partial charge in [0.2, 0.25) is 0 Å². The van der Waals surface area contributed by atoms with E-state index in [9.17, 15) is 9.59 Å². The van der Waals surface area contributed by atoms with Gasteiger partial charge in [0.1, 0.15) is 18.8 Å². The average Bonchev–Trinajstić information content (AvgIpc) is 2.26. The van der Waals surface area contributed by atoms with Gasteiger partial charge >= 0.3 is 5.97 Å². The minimum atomic E-state index is -0.502. The average molecular weight is 253 g/mol. The number of hydrogen-bond donors (Lipinski definition) is 0. The van der Waals surface area contributed by atoms with Gasteiger partial charge in [-0.05, 0) is 30.7 Å². The molecule has 0 radical (unpaired) electrons. The highest BCUT2D eigenvalue weighted by Gasteiger charge is 2.04. The van der Waals surface area contributed by atoms with Crippen LogP contribution < -0.4 is 0 Å². The molecule has 0 spiro atoms. The van der Waals surface area contributed by atoms with Gasteiger partial charge in [0.15, 0.2) is 0 Å². The van der Waals surface area contributed by atoms with E-state index in [2.05, 4.69) is 0 Å². The van der Waals surface area contributed by atoms with Crippen molar-refractivity contribution in [3.63, 3.8) is 0 Å². The molecule has 0 saturated heterocycles. The second kappa shape index (κ2) is 6.86. The Bertz CT molecular complexity index is 421. The third-order valence-corrected chi connectivity index (χ3v) is 2.17. The topological polar surface area (TPSA) is 43.4 Å². The normalized spacial score (nSPS) is 10.5. The molecule has 1 aromatic rings. The lowest BCUT2D eigenvalue weighted by atomic mass is 10.2. The molecule has 3 nitrogen and oxygen atoms in total.